The first-order valence-electron chi connectivity index (χ1n) is 8.06. The maximum atomic E-state index is 4.30. The van der Waals surface area contributed by atoms with E-state index in [2.05, 4.69) is 57.2 Å². The maximum absolute atomic E-state index is 4.30. The highest BCUT2D eigenvalue weighted by molar-refractivity contribution is 5.65. The van der Waals surface area contributed by atoms with Crippen molar-refractivity contribution in [2.75, 3.05) is 0 Å². The molecule has 0 unspecified atom stereocenters. The van der Waals surface area contributed by atoms with Gasteiger partial charge in [0.25, 0.3) is 0 Å². The second kappa shape index (κ2) is 6.25. The molecular formula is C19H17N5. The summed E-state index contributed by atoms with van der Waals surface area (Å²) in [5, 5.41) is 8.49. The number of benzene rings is 1. The maximum Gasteiger partial charge on any atom is 0.149 e. The lowest BCUT2D eigenvalue weighted by Crippen LogP contribution is -2.04. The number of aromatic nitrogens is 5. The average Bonchev–Trinajstić information content (AvgIpc) is 3.33. The lowest BCUT2D eigenvalue weighted by atomic mass is 10.0. The third-order valence-electron chi connectivity index (χ3n) is 3.97. The first-order chi connectivity index (χ1) is 11.8. The third-order valence-corrected chi connectivity index (χ3v) is 3.97. The van der Waals surface area contributed by atoms with E-state index in [1.807, 2.05) is 6.20 Å². The monoisotopic (exact) mass is 315 g/mol. The van der Waals surface area contributed by atoms with Crippen molar-refractivity contribution in [1.82, 2.24) is 25.0 Å². The number of hydrogen-bond acceptors (Lipinski definition) is 4. The van der Waals surface area contributed by atoms with Crippen LogP contribution in [-0.2, 0) is 6.54 Å². The van der Waals surface area contributed by atoms with Gasteiger partial charge in [-0.05, 0) is 43.5 Å². The molecule has 0 bridgehead atoms. The van der Waals surface area contributed by atoms with Gasteiger partial charge in [0, 0.05) is 29.4 Å². The molecule has 5 heteroatoms. The number of nitrogens with zero attached hydrogens (tertiary/aromatic N) is 5. The molecule has 118 valence electrons. The lowest BCUT2D eigenvalue weighted by Gasteiger charge is -2.02. The Hall–Kier alpha value is -3.00. The molecule has 1 aliphatic carbocycles. The SMILES string of the molecule is Cc1ccc(C#CC2CC2)cc1-c1cn(Cc2ncccn2)nn1. The normalized spacial score (nSPS) is 13.4. The summed E-state index contributed by atoms with van der Waals surface area (Å²) in [7, 11) is 0. The first kappa shape index (κ1) is 14.6. The van der Waals surface area contributed by atoms with Crippen molar-refractivity contribution < 1.29 is 0 Å². The van der Waals surface area contributed by atoms with Gasteiger partial charge in [0.1, 0.15) is 18.1 Å². The minimum absolute atomic E-state index is 0.508. The van der Waals surface area contributed by atoms with Gasteiger partial charge in [0.15, 0.2) is 0 Å². The van der Waals surface area contributed by atoms with Gasteiger partial charge >= 0.3 is 0 Å². The predicted molar refractivity (Wildman–Crippen MR) is 90.9 cm³/mol. The van der Waals surface area contributed by atoms with Crippen molar-refractivity contribution in [1.29, 1.82) is 0 Å². The standard InChI is InChI=1S/C19H17N5/c1-14-3-4-16(8-7-15-5-6-15)11-17(14)18-12-24(23-22-18)13-19-20-9-2-10-21-19/h2-4,9-12,15H,5-6,13H2,1H3. The minimum atomic E-state index is 0.508. The fraction of sp³-hybridized carbons (Fsp3) is 0.263. The van der Waals surface area contributed by atoms with E-state index < -0.39 is 0 Å². The van der Waals surface area contributed by atoms with Crippen LogP contribution in [0.25, 0.3) is 11.3 Å². The summed E-state index contributed by atoms with van der Waals surface area (Å²) in [4.78, 5) is 8.43. The minimum Gasteiger partial charge on any atom is -0.244 e. The van der Waals surface area contributed by atoms with Gasteiger partial charge in [-0.15, -0.1) is 5.10 Å². The van der Waals surface area contributed by atoms with Crippen molar-refractivity contribution in [3.05, 3.63) is 59.8 Å². The molecule has 0 radical (unpaired) electrons. The highest BCUT2D eigenvalue weighted by atomic mass is 15.4. The lowest BCUT2D eigenvalue weighted by molar-refractivity contribution is 0.624. The fourth-order valence-electron chi connectivity index (χ4n) is 2.44. The van der Waals surface area contributed by atoms with E-state index in [1.54, 1.807) is 23.1 Å². The van der Waals surface area contributed by atoms with E-state index in [1.165, 1.54) is 12.8 Å². The van der Waals surface area contributed by atoms with Crippen LogP contribution in [0.3, 0.4) is 0 Å². The third kappa shape index (κ3) is 3.33. The Morgan fingerprint density at radius 1 is 1.21 bits per heavy atom. The Balaban J connectivity index is 1.59. The molecule has 0 atom stereocenters. The van der Waals surface area contributed by atoms with E-state index in [0.29, 0.717) is 12.5 Å². The van der Waals surface area contributed by atoms with E-state index in [0.717, 1.165) is 28.2 Å². The second-order valence-corrected chi connectivity index (χ2v) is 6.04. The molecule has 1 fully saturated rings. The molecule has 0 spiro atoms. The molecule has 4 rings (SSSR count). The molecule has 3 aromatic rings. The van der Waals surface area contributed by atoms with Gasteiger partial charge in [0.2, 0.25) is 0 Å². The fourth-order valence-corrected chi connectivity index (χ4v) is 2.44. The predicted octanol–water partition coefficient (Wildman–Crippen LogP) is 2.85. The topological polar surface area (TPSA) is 56.5 Å². The van der Waals surface area contributed by atoms with Crippen LogP contribution >= 0.6 is 0 Å². The van der Waals surface area contributed by atoms with Crippen LogP contribution in [0.2, 0.25) is 0 Å². The van der Waals surface area contributed by atoms with Gasteiger partial charge in [-0.1, -0.05) is 23.1 Å². The molecule has 1 saturated carbocycles. The first-order valence-corrected chi connectivity index (χ1v) is 8.06. The summed E-state index contributed by atoms with van der Waals surface area (Å²) in [6, 6.07) is 8.05. The number of aryl methyl sites for hydroxylation is 1. The zero-order valence-electron chi connectivity index (χ0n) is 13.5. The van der Waals surface area contributed by atoms with E-state index in [4.69, 9.17) is 0 Å². The number of hydrogen-bond donors (Lipinski definition) is 0. The summed E-state index contributed by atoms with van der Waals surface area (Å²) in [5.74, 6) is 7.88. The van der Waals surface area contributed by atoms with Gasteiger partial charge < -0.3 is 0 Å². The van der Waals surface area contributed by atoms with Gasteiger partial charge in [0.05, 0.1) is 6.20 Å². The molecule has 5 nitrogen and oxygen atoms in total. The Labute approximate surface area is 140 Å². The summed E-state index contributed by atoms with van der Waals surface area (Å²) in [5.41, 5.74) is 4.11. The van der Waals surface area contributed by atoms with Crippen molar-refractivity contribution >= 4 is 0 Å². The Morgan fingerprint density at radius 2 is 2.04 bits per heavy atom. The van der Waals surface area contributed by atoms with Crippen LogP contribution in [0.4, 0.5) is 0 Å². The quantitative estimate of drug-likeness (QED) is 0.697. The molecule has 1 aromatic carbocycles. The summed E-state index contributed by atoms with van der Waals surface area (Å²) < 4.78 is 1.76. The van der Waals surface area contributed by atoms with Gasteiger partial charge in [-0.2, -0.15) is 0 Å². The second-order valence-electron chi connectivity index (χ2n) is 6.04. The zero-order chi connectivity index (χ0) is 16.4. The largest absolute Gasteiger partial charge is 0.244 e. The van der Waals surface area contributed by atoms with Gasteiger partial charge in [-0.3, -0.25) is 0 Å². The van der Waals surface area contributed by atoms with Crippen LogP contribution in [0.5, 0.6) is 0 Å². The van der Waals surface area contributed by atoms with Crippen molar-refractivity contribution in [3.8, 4) is 23.1 Å². The molecule has 1 aliphatic rings. The molecule has 0 amide bonds. The van der Waals surface area contributed by atoms with Crippen molar-refractivity contribution in [2.24, 2.45) is 5.92 Å². The average molecular weight is 315 g/mol. The highest BCUT2D eigenvalue weighted by Gasteiger charge is 2.17. The molecule has 0 N–H and O–H groups in total. The van der Waals surface area contributed by atoms with Crippen molar-refractivity contribution in [2.45, 2.75) is 26.3 Å². The summed E-state index contributed by atoms with van der Waals surface area (Å²) >= 11 is 0. The Bertz CT molecular complexity index is 914. The van der Waals surface area contributed by atoms with Crippen LogP contribution in [-0.4, -0.2) is 25.0 Å². The van der Waals surface area contributed by atoms with E-state index in [9.17, 15) is 0 Å². The summed E-state index contributed by atoms with van der Waals surface area (Å²) in [6.07, 6.45) is 7.86. The molecule has 2 aromatic heterocycles. The molecule has 0 aliphatic heterocycles. The van der Waals surface area contributed by atoms with Crippen LogP contribution in [0.1, 0.15) is 29.8 Å². The Kier molecular flexibility index (Phi) is 3.80. The van der Waals surface area contributed by atoms with Crippen LogP contribution in [0.15, 0.2) is 42.9 Å². The van der Waals surface area contributed by atoms with Crippen LogP contribution < -0.4 is 0 Å². The van der Waals surface area contributed by atoms with Crippen LogP contribution in [0, 0.1) is 24.7 Å². The van der Waals surface area contributed by atoms with Gasteiger partial charge in [-0.25, -0.2) is 14.6 Å². The molecule has 0 saturated heterocycles. The molecule has 24 heavy (non-hydrogen) atoms. The zero-order valence-corrected chi connectivity index (χ0v) is 13.5. The Morgan fingerprint density at radius 3 is 2.83 bits per heavy atom. The van der Waals surface area contributed by atoms with E-state index in [-0.39, 0.29) is 0 Å². The van der Waals surface area contributed by atoms with Crippen molar-refractivity contribution in [3.63, 3.8) is 0 Å². The smallest absolute Gasteiger partial charge is 0.149 e. The molecular weight excluding hydrogens is 298 g/mol. The molecule has 2 heterocycles. The van der Waals surface area contributed by atoms with E-state index >= 15 is 0 Å². The highest BCUT2D eigenvalue weighted by Crippen LogP contribution is 2.28. The number of rotatable bonds is 3. The summed E-state index contributed by atoms with van der Waals surface area (Å²) in [6.45, 7) is 2.58.